The lowest BCUT2D eigenvalue weighted by molar-refractivity contribution is -0.182. The Morgan fingerprint density at radius 1 is 1.20 bits per heavy atom. The Morgan fingerprint density at radius 2 is 1.93 bits per heavy atom. The Kier molecular flexibility index (Phi) is 6.58. The third-order valence-corrected chi connectivity index (χ3v) is 7.42. The van der Waals surface area contributed by atoms with Gasteiger partial charge in [-0.25, -0.2) is 0 Å². The van der Waals surface area contributed by atoms with E-state index in [2.05, 4.69) is 71.7 Å². The summed E-state index contributed by atoms with van der Waals surface area (Å²) in [6, 6.07) is 10.5. The van der Waals surface area contributed by atoms with Crippen molar-refractivity contribution in [3.05, 3.63) is 57.3 Å². The van der Waals surface area contributed by atoms with Crippen LogP contribution in [-0.2, 0) is 22.6 Å². The predicted molar refractivity (Wildman–Crippen MR) is 122 cm³/mol. The van der Waals surface area contributed by atoms with E-state index >= 15 is 0 Å². The highest BCUT2D eigenvalue weighted by atomic mass is 32.1. The van der Waals surface area contributed by atoms with Gasteiger partial charge in [-0.15, -0.1) is 11.3 Å². The van der Waals surface area contributed by atoms with E-state index in [-0.39, 0.29) is 11.5 Å². The molecule has 2 aromatic rings. The van der Waals surface area contributed by atoms with E-state index in [0.717, 1.165) is 44.6 Å². The first-order valence-electron chi connectivity index (χ1n) is 10.9. The number of hydrogen-bond acceptors (Lipinski definition) is 5. The van der Waals surface area contributed by atoms with Crippen molar-refractivity contribution in [3.63, 3.8) is 0 Å². The van der Waals surface area contributed by atoms with Crippen LogP contribution in [0.5, 0.6) is 0 Å². The maximum atomic E-state index is 12.9. The number of rotatable bonds is 5. The number of likely N-dealkylation sites (N-methyl/N-ethyl adjacent to an activating group) is 1. The molecule has 2 saturated heterocycles. The van der Waals surface area contributed by atoms with Crippen molar-refractivity contribution in [3.8, 4) is 0 Å². The third kappa shape index (κ3) is 5.11. The topological polar surface area (TPSA) is 44.8 Å². The number of likely N-dealkylation sites (tertiary alicyclic amines) is 1. The zero-order valence-electron chi connectivity index (χ0n) is 18.3. The minimum atomic E-state index is -0.403. The van der Waals surface area contributed by atoms with E-state index in [1.807, 2.05) is 11.3 Å². The number of piperidine rings is 1. The van der Waals surface area contributed by atoms with Crippen molar-refractivity contribution in [1.82, 2.24) is 15.1 Å². The van der Waals surface area contributed by atoms with Crippen molar-refractivity contribution < 1.29 is 9.53 Å². The van der Waals surface area contributed by atoms with E-state index in [1.54, 1.807) is 0 Å². The van der Waals surface area contributed by atoms with Crippen molar-refractivity contribution in [1.29, 1.82) is 0 Å². The smallest absolute Gasteiger partial charge is 0.250 e. The molecule has 0 bridgehead atoms. The van der Waals surface area contributed by atoms with Crippen LogP contribution in [0.2, 0.25) is 0 Å². The zero-order valence-corrected chi connectivity index (χ0v) is 19.1. The monoisotopic (exact) mass is 427 g/mol. The van der Waals surface area contributed by atoms with Crippen molar-refractivity contribution >= 4 is 17.2 Å². The zero-order chi connectivity index (χ0) is 21.1. The lowest BCUT2D eigenvalue weighted by Gasteiger charge is -2.48. The molecule has 1 aromatic heterocycles. The highest BCUT2D eigenvalue weighted by Crippen LogP contribution is 2.33. The summed E-state index contributed by atoms with van der Waals surface area (Å²) in [6.45, 7) is 9.42. The lowest BCUT2D eigenvalue weighted by Crippen LogP contribution is -2.61. The molecule has 1 unspecified atom stereocenters. The summed E-state index contributed by atoms with van der Waals surface area (Å²) in [5.74, 6) is -0.00172. The van der Waals surface area contributed by atoms with Gasteiger partial charge < -0.3 is 15.0 Å². The molecular formula is C24H33N3O2S. The Hall–Kier alpha value is -1.73. The molecule has 6 heteroatoms. The number of carbonyl (C=O) groups excluding carboxylic acids is 1. The summed E-state index contributed by atoms with van der Waals surface area (Å²) in [5.41, 5.74) is 3.52. The second-order valence-electron chi connectivity index (χ2n) is 8.99. The van der Waals surface area contributed by atoms with Crippen LogP contribution in [0.15, 0.2) is 35.7 Å². The van der Waals surface area contributed by atoms with Crippen LogP contribution in [0.1, 0.15) is 34.4 Å². The summed E-state index contributed by atoms with van der Waals surface area (Å²) >= 11 is 1.85. The number of carbonyl (C=O) groups is 1. The van der Waals surface area contributed by atoms with Crippen molar-refractivity contribution in [2.45, 2.75) is 51.5 Å². The second kappa shape index (κ2) is 9.18. The summed E-state index contributed by atoms with van der Waals surface area (Å²) in [5, 5.41) is 5.25. The van der Waals surface area contributed by atoms with Gasteiger partial charge in [0.2, 0.25) is 0 Å². The second-order valence-corrected chi connectivity index (χ2v) is 9.99. The fraction of sp³-hybridized carbons (Fsp3) is 0.542. The van der Waals surface area contributed by atoms with Crippen LogP contribution in [-0.4, -0.2) is 60.6 Å². The summed E-state index contributed by atoms with van der Waals surface area (Å²) in [4.78, 5) is 19.1. The first-order valence-corrected chi connectivity index (χ1v) is 11.8. The molecule has 2 aliphatic rings. The molecular weight excluding hydrogens is 394 g/mol. The average molecular weight is 428 g/mol. The van der Waals surface area contributed by atoms with Crippen molar-refractivity contribution in [2.24, 2.45) is 0 Å². The number of nitrogens with zero attached hydrogens (tertiary/aromatic N) is 2. The Bertz CT molecular complexity index is 856. The molecule has 1 amide bonds. The van der Waals surface area contributed by atoms with Crippen LogP contribution >= 0.6 is 11.3 Å². The van der Waals surface area contributed by atoms with Gasteiger partial charge in [-0.3, -0.25) is 9.69 Å². The Balaban J connectivity index is 1.32. The summed E-state index contributed by atoms with van der Waals surface area (Å²) in [6.07, 6.45) is 1.55. The molecule has 3 heterocycles. The number of aryl methyl sites for hydroxylation is 2. The number of ether oxygens (including phenoxy) is 1. The molecule has 0 aliphatic carbocycles. The van der Waals surface area contributed by atoms with Gasteiger partial charge in [0.15, 0.2) is 0 Å². The fourth-order valence-electron chi connectivity index (χ4n) is 4.53. The van der Waals surface area contributed by atoms with Gasteiger partial charge in [0.1, 0.15) is 6.10 Å². The van der Waals surface area contributed by atoms with Gasteiger partial charge in [-0.05, 0) is 56.3 Å². The Labute approximate surface area is 184 Å². The molecule has 162 valence electrons. The molecule has 5 nitrogen and oxygen atoms in total. The first kappa shape index (κ1) is 21.5. The molecule has 1 N–H and O–H groups in total. The van der Waals surface area contributed by atoms with Gasteiger partial charge in [-0.2, -0.15) is 0 Å². The number of benzene rings is 1. The van der Waals surface area contributed by atoms with Crippen LogP contribution in [0.25, 0.3) is 0 Å². The summed E-state index contributed by atoms with van der Waals surface area (Å²) < 4.78 is 6.48. The van der Waals surface area contributed by atoms with Crippen molar-refractivity contribution in [2.75, 3.05) is 33.2 Å². The van der Waals surface area contributed by atoms with Gasteiger partial charge >= 0.3 is 0 Å². The standard InChI is InChI=1S/C24H33N3O2S/c1-18-4-6-20(7-5-18)14-25-23(28)21-15-26(3)17-24(29-21)9-11-27(12-10-24)16-22-19(2)8-13-30-22/h4-8,13,21H,9-12,14-17H2,1-3H3,(H,25,28). The predicted octanol–water partition coefficient (Wildman–Crippen LogP) is 3.35. The SMILES string of the molecule is Cc1ccc(CNC(=O)C2CN(C)CC3(CCN(Cc4sccc4C)CC3)O2)cc1. The first-order chi connectivity index (χ1) is 14.4. The molecule has 1 atom stereocenters. The summed E-state index contributed by atoms with van der Waals surface area (Å²) in [7, 11) is 2.10. The van der Waals surface area contributed by atoms with E-state index in [0.29, 0.717) is 13.1 Å². The van der Waals surface area contributed by atoms with Crippen LogP contribution in [0, 0.1) is 13.8 Å². The molecule has 0 radical (unpaired) electrons. The number of hydrogen-bond donors (Lipinski definition) is 1. The van der Waals surface area contributed by atoms with E-state index in [9.17, 15) is 4.79 Å². The van der Waals surface area contributed by atoms with Crippen LogP contribution in [0.4, 0.5) is 0 Å². The minimum Gasteiger partial charge on any atom is -0.359 e. The third-order valence-electron chi connectivity index (χ3n) is 6.41. The maximum Gasteiger partial charge on any atom is 0.250 e. The van der Waals surface area contributed by atoms with E-state index in [1.165, 1.54) is 16.0 Å². The molecule has 4 rings (SSSR count). The van der Waals surface area contributed by atoms with Gasteiger partial charge in [0.25, 0.3) is 5.91 Å². The molecule has 30 heavy (non-hydrogen) atoms. The molecule has 2 fully saturated rings. The fourth-order valence-corrected chi connectivity index (χ4v) is 5.47. The average Bonchev–Trinajstić information content (AvgIpc) is 3.13. The molecule has 2 aliphatic heterocycles. The van der Waals surface area contributed by atoms with Gasteiger partial charge in [0, 0.05) is 44.1 Å². The van der Waals surface area contributed by atoms with Gasteiger partial charge in [0.05, 0.1) is 5.60 Å². The number of morpholine rings is 1. The molecule has 1 aromatic carbocycles. The highest BCUT2D eigenvalue weighted by molar-refractivity contribution is 7.10. The van der Waals surface area contributed by atoms with Crippen LogP contribution < -0.4 is 5.32 Å². The van der Waals surface area contributed by atoms with E-state index < -0.39 is 6.10 Å². The van der Waals surface area contributed by atoms with E-state index in [4.69, 9.17) is 4.74 Å². The number of thiophene rings is 1. The highest BCUT2D eigenvalue weighted by Gasteiger charge is 2.44. The molecule has 0 saturated carbocycles. The normalized spacial score (nSPS) is 22.3. The molecule has 1 spiro atoms. The quantitative estimate of drug-likeness (QED) is 0.795. The number of amides is 1. The minimum absolute atomic E-state index is 0.00172. The van der Waals surface area contributed by atoms with Gasteiger partial charge in [-0.1, -0.05) is 29.8 Å². The largest absolute Gasteiger partial charge is 0.359 e. The lowest BCUT2D eigenvalue weighted by atomic mass is 9.88. The maximum absolute atomic E-state index is 12.9. The number of nitrogens with one attached hydrogen (secondary N) is 1. The Morgan fingerprint density at radius 3 is 2.60 bits per heavy atom. The van der Waals surface area contributed by atoms with Crippen LogP contribution in [0.3, 0.4) is 0 Å².